The Balaban J connectivity index is 2.59. The summed E-state index contributed by atoms with van der Waals surface area (Å²) in [7, 11) is 0. The number of rotatable bonds is 4. The van der Waals surface area contributed by atoms with E-state index in [9.17, 15) is 26.3 Å². The molecular weight excluding hydrogens is 238 g/mol. The van der Waals surface area contributed by atoms with E-state index in [1.807, 2.05) is 0 Å². The van der Waals surface area contributed by atoms with Gasteiger partial charge in [-0.3, -0.25) is 0 Å². The fourth-order valence-electron chi connectivity index (χ4n) is 1.60. The molecule has 0 heterocycles. The molecule has 0 aromatic rings. The predicted octanol–water partition coefficient (Wildman–Crippen LogP) is 3.28. The molecule has 0 aliphatic heterocycles. The minimum absolute atomic E-state index is 0.191. The molecule has 1 aliphatic rings. The summed E-state index contributed by atoms with van der Waals surface area (Å²) in [6.07, 6.45) is -11.8. The van der Waals surface area contributed by atoms with Crippen LogP contribution in [0.5, 0.6) is 0 Å². The van der Waals surface area contributed by atoms with Gasteiger partial charge in [0.25, 0.3) is 0 Å². The molecule has 0 saturated heterocycles. The summed E-state index contributed by atoms with van der Waals surface area (Å²) in [5.41, 5.74) is 0. The van der Waals surface area contributed by atoms with Crippen LogP contribution in [0.3, 0.4) is 0 Å². The van der Waals surface area contributed by atoms with E-state index in [0.29, 0.717) is 0 Å². The molecule has 0 bridgehead atoms. The first-order valence-corrected chi connectivity index (χ1v) is 4.94. The SMILES string of the molecule is OC(CCC1CC1)C(C(F)(F)F)C(F)(F)F. The average Bonchev–Trinajstić information content (AvgIpc) is 2.76. The average molecular weight is 250 g/mol. The maximum absolute atomic E-state index is 12.1. The predicted molar refractivity (Wildman–Crippen MR) is 43.6 cm³/mol. The molecule has 0 aromatic heterocycles. The lowest BCUT2D eigenvalue weighted by atomic mass is 9.96. The molecule has 0 radical (unpaired) electrons. The summed E-state index contributed by atoms with van der Waals surface area (Å²) < 4.78 is 72.8. The highest BCUT2D eigenvalue weighted by Gasteiger charge is 2.59. The zero-order valence-corrected chi connectivity index (χ0v) is 8.28. The molecule has 1 saturated carbocycles. The maximum Gasteiger partial charge on any atom is 0.403 e. The largest absolute Gasteiger partial charge is 0.403 e. The van der Waals surface area contributed by atoms with Gasteiger partial charge in [0.05, 0.1) is 6.10 Å². The molecular formula is C9H12F6O. The molecule has 7 heteroatoms. The summed E-state index contributed by atoms with van der Waals surface area (Å²) in [4.78, 5) is 0. The smallest absolute Gasteiger partial charge is 0.392 e. The van der Waals surface area contributed by atoms with Gasteiger partial charge >= 0.3 is 12.4 Å². The van der Waals surface area contributed by atoms with Gasteiger partial charge in [-0.2, -0.15) is 26.3 Å². The van der Waals surface area contributed by atoms with Gasteiger partial charge in [-0.05, 0) is 18.8 Å². The van der Waals surface area contributed by atoms with Crippen molar-refractivity contribution in [2.24, 2.45) is 11.8 Å². The first kappa shape index (κ1) is 13.6. The molecule has 1 rings (SSSR count). The zero-order chi connectivity index (χ0) is 12.6. The van der Waals surface area contributed by atoms with Crippen molar-refractivity contribution in [1.82, 2.24) is 0 Å². The highest BCUT2D eigenvalue weighted by molar-refractivity contribution is 4.84. The van der Waals surface area contributed by atoms with Crippen LogP contribution >= 0.6 is 0 Å². The number of halogens is 6. The first-order valence-electron chi connectivity index (χ1n) is 4.94. The van der Waals surface area contributed by atoms with Crippen molar-refractivity contribution in [1.29, 1.82) is 0 Å². The van der Waals surface area contributed by atoms with Crippen LogP contribution in [0.15, 0.2) is 0 Å². The summed E-state index contributed by atoms with van der Waals surface area (Å²) in [6, 6.07) is 0. The Morgan fingerprint density at radius 3 is 1.75 bits per heavy atom. The van der Waals surface area contributed by atoms with Crippen LogP contribution in [0.25, 0.3) is 0 Å². The van der Waals surface area contributed by atoms with Gasteiger partial charge in [0.2, 0.25) is 0 Å². The van der Waals surface area contributed by atoms with E-state index in [0.717, 1.165) is 12.8 Å². The van der Waals surface area contributed by atoms with Crippen molar-refractivity contribution in [2.75, 3.05) is 0 Å². The molecule has 0 spiro atoms. The highest BCUT2D eigenvalue weighted by atomic mass is 19.4. The lowest BCUT2D eigenvalue weighted by Crippen LogP contribution is -2.44. The number of hydrogen-bond donors (Lipinski definition) is 1. The molecule has 0 amide bonds. The molecule has 1 aliphatic carbocycles. The molecule has 96 valence electrons. The Kier molecular flexibility index (Phi) is 3.76. The molecule has 0 aromatic carbocycles. The minimum Gasteiger partial charge on any atom is -0.392 e. The molecule has 1 fully saturated rings. The minimum atomic E-state index is -5.44. The third-order valence-electron chi connectivity index (χ3n) is 2.66. The molecule has 16 heavy (non-hydrogen) atoms. The lowest BCUT2D eigenvalue weighted by molar-refractivity contribution is -0.306. The Labute approximate surface area is 88.4 Å². The van der Waals surface area contributed by atoms with E-state index in [4.69, 9.17) is 5.11 Å². The van der Waals surface area contributed by atoms with E-state index in [1.165, 1.54) is 0 Å². The van der Waals surface area contributed by atoms with Gasteiger partial charge in [0.15, 0.2) is 5.92 Å². The van der Waals surface area contributed by atoms with Gasteiger partial charge in [0, 0.05) is 0 Å². The van der Waals surface area contributed by atoms with E-state index in [1.54, 1.807) is 0 Å². The van der Waals surface area contributed by atoms with Gasteiger partial charge < -0.3 is 5.11 Å². The molecule has 1 nitrogen and oxygen atoms in total. The van der Waals surface area contributed by atoms with Crippen molar-refractivity contribution in [3.05, 3.63) is 0 Å². The monoisotopic (exact) mass is 250 g/mol. The second-order valence-electron chi connectivity index (χ2n) is 4.15. The summed E-state index contributed by atoms with van der Waals surface area (Å²) in [6.45, 7) is 0. The van der Waals surface area contributed by atoms with Crippen LogP contribution < -0.4 is 0 Å². The van der Waals surface area contributed by atoms with Crippen molar-refractivity contribution in [3.8, 4) is 0 Å². The third-order valence-corrected chi connectivity index (χ3v) is 2.66. The fraction of sp³-hybridized carbons (Fsp3) is 1.00. The third kappa shape index (κ3) is 3.84. The van der Waals surface area contributed by atoms with Crippen LogP contribution in [0.4, 0.5) is 26.3 Å². The second-order valence-corrected chi connectivity index (χ2v) is 4.15. The van der Waals surface area contributed by atoms with Gasteiger partial charge in [-0.25, -0.2) is 0 Å². The van der Waals surface area contributed by atoms with Crippen molar-refractivity contribution >= 4 is 0 Å². The van der Waals surface area contributed by atoms with E-state index >= 15 is 0 Å². The lowest BCUT2D eigenvalue weighted by Gasteiger charge is -2.27. The number of hydrogen-bond acceptors (Lipinski definition) is 1. The Hall–Kier alpha value is -0.460. The maximum atomic E-state index is 12.1. The number of aliphatic hydroxyl groups is 1. The van der Waals surface area contributed by atoms with E-state index < -0.39 is 30.8 Å². The fourth-order valence-corrected chi connectivity index (χ4v) is 1.60. The standard InChI is InChI=1S/C9H12F6O/c10-8(11,12)7(9(13,14)15)6(16)4-3-5-1-2-5/h5-7,16H,1-4H2. The quantitative estimate of drug-likeness (QED) is 0.759. The molecule has 1 atom stereocenters. The van der Waals surface area contributed by atoms with Crippen LogP contribution in [-0.4, -0.2) is 23.6 Å². The van der Waals surface area contributed by atoms with Crippen molar-refractivity contribution in [3.63, 3.8) is 0 Å². The normalized spacial score (nSPS) is 20.2. The van der Waals surface area contributed by atoms with Crippen LogP contribution in [0.2, 0.25) is 0 Å². The Bertz CT molecular complexity index is 215. The zero-order valence-electron chi connectivity index (χ0n) is 8.28. The first-order chi connectivity index (χ1) is 7.12. The van der Waals surface area contributed by atoms with Gasteiger partial charge in [-0.1, -0.05) is 12.8 Å². The molecule has 1 unspecified atom stereocenters. The number of aliphatic hydroxyl groups excluding tert-OH is 1. The van der Waals surface area contributed by atoms with Gasteiger partial charge in [-0.15, -0.1) is 0 Å². The van der Waals surface area contributed by atoms with Crippen molar-refractivity contribution in [2.45, 2.75) is 44.1 Å². The van der Waals surface area contributed by atoms with E-state index in [-0.39, 0.29) is 12.3 Å². The van der Waals surface area contributed by atoms with Crippen molar-refractivity contribution < 1.29 is 31.4 Å². The summed E-state index contributed by atoms with van der Waals surface area (Å²) in [5, 5.41) is 9.02. The van der Waals surface area contributed by atoms with Crippen LogP contribution in [0, 0.1) is 11.8 Å². The van der Waals surface area contributed by atoms with Crippen LogP contribution in [-0.2, 0) is 0 Å². The Morgan fingerprint density at radius 1 is 1.00 bits per heavy atom. The van der Waals surface area contributed by atoms with Gasteiger partial charge in [0.1, 0.15) is 0 Å². The summed E-state index contributed by atoms with van der Waals surface area (Å²) >= 11 is 0. The molecule has 1 N–H and O–H groups in total. The van der Waals surface area contributed by atoms with E-state index in [2.05, 4.69) is 0 Å². The number of alkyl halides is 6. The second kappa shape index (κ2) is 4.43. The topological polar surface area (TPSA) is 20.2 Å². The summed E-state index contributed by atoms with van der Waals surface area (Å²) in [5.74, 6) is -3.43. The highest BCUT2D eigenvalue weighted by Crippen LogP contribution is 2.43. The van der Waals surface area contributed by atoms with Crippen LogP contribution in [0.1, 0.15) is 25.7 Å². The Morgan fingerprint density at radius 2 is 1.44 bits per heavy atom.